The molecule has 0 saturated carbocycles. The van der Waals surface area contributed by atoms with E-state index in [-0.39, 0.29) is 6.42 Å². The van der Waals surface area contributed by atoms with Crippen molar-refractivity contribution in [3.05, 3.63) is 82.9 Å². The van der Waals surface area contributed by atoms with Crippen LogP contribution < -0.4 is 15.2 Å². The molecule has 1 heterocycles. The van der Waals surface area contributed by atoms with Crippen LogP contribution in [0.25, 0.3) is 22.5 Å². The van der Waals surface area contributed by atoms with Gasteiger partial charge in [-0.05, 0) is 54.6 Å². The number of thioether (sulfide) groups is 1. The summed E-state index contributed by atoms with van der Waals surface area (Å²) >= 11 is 1.35. The van der Waals surface area contributed by atoms with E-state index in [9.17, 15) is 14.9 Å². The molecule has 0 bridgehead atoms. The average Bonchev–Trinajstić information content (AvgIpc) is 3.33. The normalized spacial score (nSPS) is 18.7. The van der Waals surface area contributed by atoms with Crippen LogP contribution in [-0.2, 0) is 4.79 Å². The topological polar surface area (TPSA) is 133 Å². The third-order valence-corrected chi connectivity index (χ3v) is 7.03. The van der Waals surface area contributed by atoms with Gasteiger partial charge >= 0.3 is 0 Å². The van der Waals surface area contributed by atoms with Gasteiger partial charge in [0.25, 0.3) is 5.54 Å². The summed E-state index contributed by atoms with van der Waals surface area (Å²) in [5.74, 6) is 0.0833. The van der Waals surface area contributed by atoms with Crippen LogP contribution in [0.1, 0.15) is 6.42 Å². The number of nitrogens with one attached hydrogen (secondary N) is 1. The lowest BCUT2D eigenvalue weighted by molar-refractivity contribution is -0.560. The van der Waals surface area contributed by atoms with Gasteiger partial charge in [0.1, 0.15) is 17.4 Å². The molecule has 4 rings (SSSR count). The average molecular weight is 507 g/mol. The number of benzene rings is 2. The number of hydrogen-bond donors (Lipinski definition) is 2. The van der Waals surface area contributed by atoms with Gasteiger partial charge in [-0.1, -0.05) is 30.0 Å². The van der Waals surface area contributed by atoms with E-state index in [0.717, 1.165) is 34.0 Å². The second-order valence-electron chi connectivity index (χ2n) is 8.19. The maximum Gasteiger partial charge on any atom is 0.256 e. The Hall–Kier alpha value is -4.05. The maximum absolute atomic E-state index is 12.0. The summed E-state index contributed by atoms with van der Waals surface area (Å²) in [6.07, 6.45) is 6.25. The first-order valence-electron chi connectivity index (χ1n) is 11.2. The number of imidazole rings is 1. The molecule has 1 aromatic heterocycles. The maximum atomic E-state index is 12.0. The highest BCUT2D eigenvalue weighted by molar-refractivity contribution is 7.99. The molecule has 3 N–H and O–H groups in total. The largest absolute Gasteiger partial charge is 0.497 e. The van der Waals surface area contributed by atoms with Crippen LogP contribution in [0.15, 0.2) is 78.0 Å². The number of carbonyl (C=O) groups excluding carboxylic acids is 1. The number of amides is 1. The summed E-state index contributed by atoms with van der Waals surface area (Å²) in [4.78, 5) is 31.7. The smallest absolute Gasteiger partial charge is 0.256 e. The third-order valence-electron chi connectivity index (χ3n) is 6.15. The highest BCUT2D eigenvalue weighted by Crippen LogP contribution is 2.37. The molecule has 1 aliphatic carbocycles. The van der Waals surface area contributed by atoms with Crippen molar-refractivity contribution in [1.82, 2.24) is 9.97 Å². The minimum Gasteiger partial charge on any atom is -0.497 e. The van der Waals surface area contributed by atoms with E-state index in [4.69, 9.17) is 20.2 Å². The molecule has 1 aliphatic rings. The molecular weight excluding hydrogens is 480 g/mol. The fourth-order valence-corrected chi connectivity index (χ4v) is 5.12. The minimum atomic E-state index is -1.59. The first kappa shape index (κ1) is 25.1. The van der Waals surface area contributed by atoms with Crippen molar-refractivity contribution in [3.63, 3.8) is 0 Å². The summed E-state index contributed by atoms with van der Waals surface area (Å²) in [6, 6.07) is 15.2. The Morgan fingerprint density at radius 1 is 1.08 bits per heavy atom. The van der Waals surface area contributed by atoms with Crippen LogP contribution in [0.4, 0.5) is 0 Å². The van der Waals surface area contributed by atoms with E-state index in [2.05, 4.69) is 4.98 Å². The van der Waals surface area contributed by atoms with Gasteiger partial charge in [-0.3, -0.25) is 14.9 Å². The number of primary amides is 1. The number of nitrogens with two attached hydrogens (primary N) is 1. The van der Waals surface area contributed by atoms with Crippen molar-refractivity contribution >= 4 is 17.7 Å². The number of nitro groups is 1. The molecule has 0 fully saturated rings. The zero-order chi connectivity index (χ0) is 25.7. The van der Waals surface area contributed by atoms with E-state index in [1.54, 1.807) is 26.4 Å². The molecule has 2 aromatic carbocycles. The van der Waals surface area contributed by atoms with E-state index in [1.807, 2.05) is 48.5 Å². The molecule has 3 aromatic rings. The molecule has 0 aliphatic heterocycles. The lowest BCUT2D eigenvalue weighted by Crippen LogP contribution is -2.50. The number of allylic oxidation sites excluding steroid dienone is 2. The molecule has 9 nitrogen and oxygen atoms in total. The zero-order valence-electron chi connectivity index (χ0n) is 19.8. The first-order chi connectivity index (χ1) is 17.4. The number of rotatable bonds is 10. The van der Waals surface area contributed by atoms with Crippen LogP contribution in [0.3, 0.4) is 0 Å². The number of hydrogen-bond acceptors (Lipinski definition) is 7. The van der Waals surface area contributed by atoms with Crippen molar-refractivity contribution < 1.29 is 19.2 Å². The Labute approximate surface area is 212 Å². The lowest BCUT2D eigenvalue weighted by atomic mass is 9.78. The molecule has 0 saturated heterocycles. The van der Waals surface area contributed by atoms with Crippen LogP contribution in [0.2, 0.25) is 0 Å². The van der Waals surface area contributed by atoms with Gasteiger partial charge in [-0.15, -0.1) is 0 Å². The molecule has 10 heteroatoms. The van der Waals surface area contributed by atoms with Crippen molar-refractivity contribution in [2.45, 2.75) is 17.1 Å². The van der Waals surface area contributed by atoms with Crippen LogP contribution in [0, 0.1) is 16.0 Å². The number of ether oxygens (including phenoxy) is 2. The molecule has 0 radical (unpaired) electrons. The van der Waals surface area contributed by atoms with Crippen molar-refractivity contribution in [2.75, 3.05) is 20.0 Å². The molecular formula is C26H26N4O5S. The second-order valence-corrected chi connectivity index (χ2v) is 9.28. The summed E-state index contributed by atoms with van der Waals surface area (Å²) in [6.45, 7) is 0. The van der Waals surface area contributed by atoms with Gasteiger partial charge in [-0.25, -0.2) is 4.98 Å². The fraction of sp³-hybridized carbons (Fsp3) is 0.231. The molecule has 36 heavy (non-hydrogen) atoms. The van der Waals surface area contributed by atoms with Gasteiger partial charge < -0.3 is 20.2 Å². The number of aromatic nitrogens is 2. The molecule has 2 atom stereocenters. The van der Waals surface area contributed by atoms with Gasteiger partial charge in [0.05, 0.1) is 25.6 Å². The molecule has 2 unspecified atom stereocenters. The van der Waals surface area contributed by atoms with E-state index >= 15 is 0 Å². The van der Waals surface area contributed by atoms with Crippen molar-refractivity contribution in [2.24, 2.45) is 11.7 Å². The highest BCUT2D eigenvalue weighted by atomic mass is 32.2. The number of carbonyl (C=O) groups is 1. The molecule has 1 amide bonds. The third kappa shape index (κ3) is 4.99. The Morgan fingerprint density at radius 2 is 1.69 bits per heavy atom. The number of nitrogens with zero attached hydrogens (tertiary/aromatic N) is 2. The van der Waals surface area contributed by atoms with Crippen molar-refractivity contribution in [3.8, 4) is 34.0 Å². The monoisotopic (exact) mass is 506 g/mol. The van der Waals surface area contributed by atoms with Gasteiger partial charge in [0, 0.05) is 28.2 Å². The van der Waals surface area contributed by atoms with Crippen molar-refractivity contribution in [1.29, 1.82) is 0 Å². The Balaban J connectivity index is 1.62. The summed E-state index contributed by atoms with van der Waals surface area (Å²) in [5, 5.41) is 12.6. The van der Waals surface area contributed by atoms with Gasteiger partial charge in [-0.2, -0.15) is 0 Å². The summed E-state index contributed by atoms with van der Waals surface area (Å²) in [5.41, 5.74) is 7.25. The van der Waals surface area contributed by atoms with E-state index in [1.165, 1.54) is 23.9 Å². The molecule has 0 spiro atoms. The summed E-state index contributed by atoms with van der Waals surface area (Å²) < 4.78 is 10.5. The Bertz CT molecular complexity index is 1240. The lowest BCUT2D eigenvalue weighted by Gasteiger charge is -2.28. The van der Waals surface area contributed by atoms with Crippen LogP contribution in [0.5, 0.6) is 11.5 Å². The Kier molecular flexibility index (Phi) is 7.44. The van der Waals surface area contributed by atoms with Crippen LogP contribution in [-0.4, -0.2) is 46.3 Å². The number of aromatic amines is 1. The summed E-state index contributed by atoms with van der Waals surface area (Å²) in [7, 11) is 3.22. The Morgan fingerprint density at radius 3 is 2.25 bits per heavy atom. The minimum absolute atomic E-state index is 0.107. The predicted molar refractivity (Wildman–Crippen MR) is 139 cm³/mol. The number of H-pyrrole nitrogens is 1. The van der Waals surface area contributed by atoms with E-state index < -0.39 is 22.3 Å². The van der Waals surface area contributed by atoms with Gasteiger partial charge in [0.2, 0.25) is 5.91 Å². The fourth-order valence-electron chi connectivity index (χ4n) is 4.17. The predicted octanol–water partition coefficient (Wildman–Crippen LogP) is 4.49. The first-order valence-corrected chi connectivity index (χ1v) is 12.2. The second kappa shape index (κ2) is 10.7. The van der Waals surface area contributed by atoms with Gasteiger partial charge in [0.15, 0.2) is 5.16 Å². The standard InChI is InChI=1S/C26H26N4O5S/c1-34-19-10-6-17(7-11-19)22-23(18-8-12-20(35-2)13-9-18)29-25(28-22)36-16-15-26(30(32)33)14-4-3-5-21(26)24(27)31/h3-14,21H,15-16H2,1-2H3,(H2,27,31)(H,28,29). The SMILES string of the molecule is COc1ccc(-c2nc(SCCC3([N+](=O)[O-])C=CC=CC3C(N)=O)[nH]c2-c2ccc(OC)cc2)cc1. The van der Waals surface area contributed by atoms with E-state index in [0.29, 0.717) is 10.9 Å². The number of methoxy groups -OCH3 is 2. The quantitative estimate of drug-likeness (QED) is 0.235. The zero-order valence-corrected chi connectivity index (χ0v) is 20.7. The molecule has 186 valence electrons. The van der Waals surface area contributed by atoms with Crippen LogP contribution >= 0.6 is 11.8 Å². The highest BCUT2D eigenvalue weighted by Gasteiger charge is 2.50.